The Bertz CT molecular complexity index is 720. The molecule has 0 aliphatic carbocycles. The Morgan fingerprint density at radius 2 is 1.76 bits per heavy atom. The molecule has 1 N–H and O–H groups in total. The van der Waals surface area contributed by atoms with Crippen LogP contribution in [0.15, 0.2) is 54.9 Å². The number of rotatable bonds is 5. The maximum atomic E-state index is 5.88. The molecule has 0 unspecified atom stereocenters. The van der Waals surface area contributed by atoms with Crippen LogP contribution < -0.4 is 5.32 Å². The number of aryl methyl sites for hydroxylation is 1. The minimum absolute atomic E-state index is 0.782. The Kier molecular flexibility index (Phi) is 4.31. The molecule has 3 rings (SSSR count). The standard InChI is InChI=1S/C17H16ClN3/c18-14-9-7-13(8-10-14)4-3-11-19-17-15-5-1-2-6-16(15)20-12-21-17/h1-2,5-10,12H,3-4,11H2,(H,19,20,21). The summed E-state index contributed by atoms with van der Waals surface area (Å²) in [5.41, 5.74) is 2.27. The first kappa shape index (κ1) is 13.8. The summed E-state index contributed by atoms with van der Waals surface area (Å²) in [5, 5.41) is 5.24. The molecule has 106 valence electrons. The second kappa shape index (κ2) is 6.55. The summed E-state index contributed by atoms with van der Waals surface area (Å²) in [6.45, 7) is 0.879. The zero-order valence-electron chi connectivity index (χ0n) is 11.6. The summed E-state index contributed by atoms with van der Waals surface area (Å²) in [7, 11) is 0. The third-order valence-electron chi connectivity index (χ3n) is 3.39. The van der Waals surface area contributed by atoms with Gasteiger partial charge in [0.1, 0.15) is 12.1 Å². The number of nitrogens with one attached hydrogen (secondary N) is 1. The predicted molar refractivity (Wildman–Crippen MR) is 87.8 cm³/mol. The van der Waals surface area contributed by atoms with Crippen molar-refractivity contribution in [2.24, 2.45) is 0 Å². The van der Waals surface area contributed by atoms with Crippen LogP contribution in [-0.2, 0) is 6.42 Å². The van der Waals surface area contributed by atoms with E-state index in [4.69, 9.17) is 11.6 Å². The number of halogens is 1. The van der Waals surface area contributed by atoms with E-state index in [-0.39, 0.29) is 0 Å². The molecule has 0 fully saturated rings. The molecule has 21 heavy (non-hydrogen) atoms. The number of benzene rings is 2. The van der Waals surface area contributed by atoms with Crippen LogP contribution in [0.25, 0.3) is 10.9 Å². The lowest BCUT2D eigenvalue weighted by Crippen LogP contribution is -2.05. The number of hydrogen-bond acceptors (Lipinski definition) is 3. The Morgan fingerprint density at radius 3 is 2.62 bits per heavy atom. The first-order valence-corrected chi connectivity index (χ1v) is 7.39. The van der Waals surface area contributed by atoms with Crippen molar-refractivity contribution >= 4 is 28.3 Å². The van der Waals surface area contributed by atoms with Gasteiger partial charge in [-0.25, -0.2) is 9.97 Å². The van der Waals surface area contributed by atoms with Gasteiger partial charge < -0.3 is 5.32 Å². The van der Waals surface area contributed by atoms with Crippen molar-refractivity contribution < 1.29 is 0 Å². The number of anilines is 1. The average Bonchev–Trinajstić information content (AvgIpc) is 2.53. The van der Waals surface area contributed by atoms with Gasteiger partial charge in [-0.15, -0.1) is 0 Å². The molecule has 1 aromatic heterocycles. The summed E-state index contributed by atoms with van der Waals surface area (Å²) in [6, 6.07) is 16.0. The molecule has 0 saturated carbocycles. The molecule has 0 atom stereocenters. The van der Waals surface area contributed by atoms with Crippen LogP contribution in [0.2, 0.25) is 5.02 Å². The van der Waals surface area contributed by atoms with Gasteiger partial charge in [0.2, 0.25) is 0 Å². The predicted octanol–water partition coefficient (Wildman–Crippen LogP) is 4.33. The van der Waals surface area contributed by atoms with Gasteiger partial charge in [0, 0.05) is 17.0 Å². The van der Waals surface area contributed by atoms with Gasteiger partial charge in [-0.1, -0.05) is 35.9 Å². The van der Waals surface area contributed by atoms with Crippen LogP contribution >= 0.6 is 11.6 Å². The van der Waals surface area contributed by atoms with E-state index in [0.717, 1.165) is 41.1 Å². The molecule has 0 bridgehead atoms. The molecule has 0 aliphatic heterocycles. The maximum Gasteiger partial charge on any atom is 0.137 e. The van der Waals surface area contributed by atoms with E-state index in [1.54, 1.807) is 6.33 Å². The van der Waals surface area contributed by atoms with Crippen LogP contribution in [0.5, 0.6) is 0 Å². The molecule has 0 saturated heterocycles. The number of nitrogens with zero attached hydrogens (tertiary/aromatic N) is 2. The van der Waals surface area contributed by atoms with Crippen LogP contribution in [0.3, 0.4) is 0 Å². The number of aromatic nitrogens is 2. The highest BCUT2D eigenvalue weighted by molar-refractivity contribution is 6.30. The van der Waals surface area contributed by atoms with Gasteiger partial charge in [0.25, 0.3) is 0 Å². The Labute approximate surface area is 129 Å². The Morgan fingerprint density at radius 1 is 0.952 bits per heavy atom. The largest absolute Gasteiger partial charge is 0.369 e. The normalized spacial score (nSPS) is 10.7. The molecule has 2 aromatic carbocycles. The molecule has 3 aromatic rings. The summed E-state index contributed by atoms with van der Waals surface area (Å²) < 4.78 is 0. The van der Waals surface area contributed by atoms with Crippen molar-refractivity contribution in [2.75, 3.05) is 11.9 Å². The maximum absolute atomic E-state index is 5.88. The minimum atomic E-state index is 0.782. The van der Waals surface area contributed by atoms with E-state index < -0.39 is 0 Å². The van der Waals surface area contributed by atoms with Gasteiger partial charge in [0.05, 0.1) is 5.52 Å². The lowest BCUT2D eigenvalue weighted by Gasteiger charge is -2.08. The molecule has 0 aliphatic rings. The van der Waals surface area contributed by atoms with E-state index >= 15 is 0 Å². The van der Waals surface area contributed by atoms with Crippen molar-refractivity contribution in [3.63, 3.8) is 0 Å². The third-order valence-corrected chi connectivity index (χ3v) is 3.64. The summed E-state index contributed by atoms with van der Waals surface area (Å²) in [4.78, 5) is 8.59. The monoisotopic (exact) mass is 297 g/mol. The highest BCUT2D eigenvalue weighted by Gasteiger charge is 2.01. The third kappa shape index (κ3) is 3.50. The minimum Gasteiger partial charge on any atom is -0.369 e. The molecule has 0 radical (unpaired) electrons. The fourth-order valence-electron chi connectivity index (χ4n) is 2.30. The molecule has 0 spiro atoms. The van der Waals surface area contributed by atoms with E-state index in [9.17, 15) is 0 Å². The van der Waals surface area contributed by atoms with Crippen molar-refractivity contribution in [1.82, 2.24) is 9.97 Å². The fraction of sp³-hybridized carbons (Fsp3) is 0.176. The van der Waals surface area contributed by atoms with Crippen molar-refractivity contribution in [3.8, 4) is 0 Å². The van der Waals surface area contributed by atoms with Gasteiger partial charge in [0.15, 0.2) is 0 Å². The summed E-state index contributed by atoms with van der Waals surface area (Å²) in [6.07, 6.45) is 3.66. The van der Waals surface area contributed by atoms with Crippen molar-refractivity contribution in [2.45, 2.75) is 12.8 Å². The quantitative estimate of drug-likeness (QED) is 0.712. The topological polar surface area (TPSA) is 37.8 Å². The van der Waals surface area contributed by atoms with Crippen molar-refractivity contribution in [3.05, 3.63) is 65.4 Å². The molecular weight excluding hydrogens is 282 g/mol. The highest BCUT2D eigenvalue weighted by atomic mass is 35.5. The van der Waals surface area contributed by atoms with E-state index in [2.05, 4.69) is 27.4 Å². The number of fused-ring (bicyclic) bond motifs is 1. The molecular formula is C17H16ClN3. The van der Waals surface area contributed by atoms with Gasteiger partial charge >= 0.3 is 0 Å². The molecule has 3 nitrogen and oxygen atoms in total. The first-order chi connectivity index (χ1) is 10.3. The lowest BCUT2D eigenvalue weighted by atomic mass is 10.1. The molecule has 1 heterocycles. The van der Waals surface area contributed by atoms with E-state index in [0.29, 0.717) is 0 Å². The second-order valence-corrected chi connectivity index (χ2v) is 5.33. The Hall–Kier alpha value is -2.13. The fourth-order valence-corrected chi connectivity index (χ4v) is 2.42. The number of hydrogen-bond donors (Lipinski definition) is 1. The van der Waals surface area contributed by atoms with Crippen LogP contribution in [0, 0.1) is 0 Å². The lowest BCUT2D eigenvalue weighted by molar-refractivity contribution is 0.859. The summed E-state index contributed by atoms with van der Waals surface area (Å²) in [5.74, 6) is 0.900. The van der Waals surface area contributed by atoms with E-state index in [1.165, 1.54) is 5.56 Å². The van der Waals surface area contributed by atoms with E-state index in [1.807, 2.05) is 36.4 Å². The second-order valence-electron chi connectivity index (χ2n) is 4.90. The SMILES string of the molecule is Clc1ccc(CCCNc2ncnc3ccccc23)cc1. The average molecular weight is 298 g/mol. The van der Waals surface area contributed by atoms with Crippen LogP contribution in [0.4, 0.5) is 5.82 Å². The summed E-state index contributed by atoms with van der Waals surface area (Å²) >= 11 is 5.88. The van der Waals surface area contributed by atoms with Crippen molar-refractivity contribution in [1.29, 1.82) is 0 Å². The van der Waals surface area contributed by atoms with Crippen LogP contribution in [0.1, 0.15) is 12.0 Å². The Balaban J connectivity index is 1.58. The molecule has 0 amide bonds. The van der Waals surface area contributed by atoms with Gasteiger partial charge in [-0.05, 0) is 42.7 Å². The number of para-hydroxylation sites is 1. The van der Waals surface area contributed by atoms with Crippen LogP contribution in [-0.4, -0.2) is 16.5 Å². The zero-order valence-corrected chi connectivity index (χ0v) is 12.3. The first-order valence-electron chi connectivity index (χ1n) is 7.01. The highest BCUT2D eigenvalue weighted by Crippen LogP contribution is 2.18. The molecule has 4 heteroatoms. The smallest absolute Gasteiger partial charge is 0.137 e. The zero-order chi connectivity index (χ0) is 14.5. The van der Waals surface area contributed by atoms with Gasteiger partial charge in [-0.2, -0.15) is 0 Å². The van der Waals surface area contributed by atoms with Gasteiger partial charge in [-0.3, -0.25) is 0 Å².